The molecule has 1 rings (SSSR count). The number of nitrogens with two attached hydrogens (primary N) is 1. The Labute approximate surface area is 102 Å². The summed E-state index contributed by atoms with van der Waals surface area (Å²) in [5.41, 5.74) is 6.86. The van der Waals surface area contributed by atoms with E-state index in [1.807, 2.05) is 12.1 Å². The minimum Gasteiger partial charge on any atom is -0.330 e. The molecule has 0 radical (unpaired) electrons. The Morgan fingerprint density at radius 2 is 2.07 bits per heavy atom. The second kappa shape index (κ2) is 6.37. The monoisotopic (exact) mass is 245 g/mol. The van der Waals surface area contributed by atoms with Crippen LogP contribution in [-0.2, 0) is 6.42 Å². The Morgan fingerprint density at radius 1 is 1.33 bits per heavy atom. The van der Waals surface area contributed by atoms with Crippen LogP contribution in [0.3, 0.4) is 0 Å². The minimum atomic E-state index is 0.522. The molecule has 0 fully saturated rings. The van der Waals surface area contributed by atoms with Gasteiger partial charge in [0.05, 0.1) is 0 Å². The first-order valence-corrected chi connectivity index (χ1v) is 6.07. The van der Waals surface area contributed by atoms with Gasteiger partial charge >= 0.3 is 0 Å². The van der Waals surface area contributed by atoms with Gasteiger partial charge in [0.1, 0.15) is 0 Å². The van der Waals surface area contributed by atoms with Crippen LogP contribution >= 0.6 is 23.2 Å². The van der Waals surface area contributed by atoms with Gasteiger partial charge in [0.15, 0.2) is 0 Å². The molecular formula is C12H17Cl2N. The Bertz CT molecular complexity index is 312. The van der Waals surface area contributed by atoms with E-state index in [1.54, 1.807) is 6.07 Å². The predicted octanol–water partition coefficient (Wildman–Crippen LogP) is 3.91. The third kappa shape index (κ3) is 4.02. The lowest BCUT2D eigenvalue weighted by atomic mass is 9.95. The molecule has 0 heterocycles. The van der Waals surface area contributed by atoms with Crippen molar-refractivity contribution in [3.8, 4) is 0 Å². The summed E-state index contributed by atoms with van der Waals surface area (Å²) in [6, 6.07) is 5.66. The third-order valence-electron chi connectivity index (χ3n) is 2.55. The van der Waals surface area contributed by atoms with Crippen molar-refractivity contribution in [1.29, 1.82) is 0 Å². The SMILES string of the molecule is CCCC(CN)Cc1ccc(Cl)cc1Cl. The van der Waals surface area contributed by atoms with E-state index in [0.717, 1.165) is 29.8 Å². The molecule has 1 nitrogen and oxygen atoms in total. The molecule has 15 heavy (non-hydrogen) atoms. The maximum absolute atomic E-state index is 6.11. The summed E-state index contributed by atoms with van der Waals surface area (Å²) in [5.74, 6) is 0.522. The van der Waals surface area contributed by atoms with Gasteiger partial charge in [-0.3, -0.25) is 0 Å². The summed E-state index contributed by atoms with van der Waals surface area (Å²) in [6.45, 7) is 2.89. The van der Waals surface area contributed by atoms with E-state index < -0.39 is 0 Å². The van der Waals surface area contributed by atoms with Crippen LogP contribution in [0, 0.1) is 5.92 Å². The summed E-state index contributed by atoms with van der Waals surface area (Å²) in [6.07, 6.45) is 3.25. The molecule has 0 saturated carbocycles. The van der Waals surface area contributed by atoms with E-state index in [4.69, 9.17) is 28.9 Å². The first kappa shape index (κ1) is 12.8. The Balaban J connectivity index is 2.70. The van der Waals surface area contributed by atoms with Crippen LogP contribution < -0.4 is 5.73 Å². The molecule has 1 aromatic rings. The quantitative estimate of drug-likeness (QED) is 0.837. The lowest BCUT2D eigenvalue weighted by Gasteiger charge is -2.14. The van der Waals surface area contributed by atoms with Crippen molar-refractivity contribution in [3.05, 3.63) is 33.8 Å². The highest BCUT2D eigenvalue weighted by Crippen LogP contribution is 2.24. The zero-order valence-electron chi connectivity index (χ0n) is 8.97. The van der Waals surface area contributed by atoms with Crippen LogP contribution in [0.1, 0.15) is 25.3 Å². The Kier molecular flexibility index (Phi) is 5.44. The largest absolute Gasteiger partial charge is 0.330 e. The Hall–Kier alpha value is -0.240. The first-order valence-electron chi connectivity index (χ1n) is 5.31. The molecule has 2 N–H and O–H groups in total. The molecule has 0 aliphatic heterocycles. The van der Waals surface area contributed by atoms with Gasteiger partial charge in [-0.05, 0) is 43.0 Å². The van der Waals surface area contributed by atoms with Gasteiger partial charge in [0, 0.05) is 10.0 Å². The first-order chi connectivity index (χ1) is 7.17. The van der Waals surface area contributed by atoms with Crippen LogP contribution in [0.5, 0.6) is 0 Å². The summed E-state index contributed by atoms with van der Waals surface area (Å²) in [4.78, 5) is 0. The van der Waals surface area contributed by atoms with Crippen molar-refractivity contribution in [2.45, 2.75) is 26.2 Å². The molecule has 0 aliphatic rings. The average molecular weight is 246 g/mol. The highest BCUT2D eigenvalue weighted by atomic mass is 35.5. The van der Waals surface area contributed by atoms with Crippen LogP contribution in [0.15, 0.2) is 18.2 Å². The molecule has 3 heteroatoms. The fraction of sp³-hybridized carbons (Fsp3) is 0.500. The van der Waals surface area contributed by atoms with Crippen LogP contribution in [0.2, 0.25) is 10.0 Å². The highest BCUT2D eigenvalue weighted by Gasteiger charge is 2.09. The van der Waals surface area contributed by atoms with Gasteiger partial charge in [-0.2, -0.15) is 0 Å². The zero-order valence-corrected chi connectivity index (χ0v) is 10.5. The number of hydrogen-bond acceptors (Lipinski definition) is 1. The lowest BCUT2D eigenvalue weighted by molar-refractivity contribution is 0.487. The summed E-state index contributed by atoms with van der Waals surface area (Å²) in [5, 5.41) is 1.43. The fourth-order valence-electron chi connectivity index (χ4n) is 1.71. The zero-order chi connectivity index (χ0) is 11.3. The van der Waals surface area contributed by atoms with Gasteiger partial charge in [-0.1, -0.05) is 42.6 Å². The molecule has 0 spiro atoms. The van der Waals surface area contributed by atoms with Gasteiger partial charge in [-0.25, -0.2) is 0 Å². The van der Waals surface area contributed by atoms with Crippen LogP contribution in [0.4, 0.5) is 0 Å². The maximum Gasteiger partial charge on any atom is 0.0452 e. The standard InChI is InChI=1S/C12H17Cl2N/c1-2-3-9(8-15)6-10-4-5-11(13)7-12(10)14/h4-5,7,9H,2-3,6,8,15H2,1H3. The molecule has 1 atom stereocenters. The van der Waals surface area contributed by atoms with E-state index in [-0.39, 0.29) is 0 Å². The number of halogens is 2. The maximum atomic E-state index is 6.11. The minimum absolute atomic E-state index is 0.522. The summed E-state index contributed by atoms with van der Waals surface area (Å²) >= 11 is 11.9. The molecule has 0 bridgehead atoms. The average Bonchev–Trinajstić information content (AvgIpc) is 2.21. The summed E-state index contributed by atoms with van der Waals surface area (Å²) in [7, 11) is 0. The summed E-state index contributed by atoms with van der Waals surface area (Å²) < 4.78 is 0. The van der Waals surface area contributed by atoms with Crippen molar-refractivity contribution >= 4 is 23.2 Å². The molecule has 0 amide bonds. The molecule has 1 aromatic carbocycles. The second-order valence-corrected chi connectivity index (χ2v) is 4.67. The predicted molar refractivity (Wildman–Crippen MR) is 67.6 cm³/mol. The van der Waals surface area contributed by atoms with Gasteiger partial charge in [0.2, 0.25) is 0 Å². The highest BCUT2D eigenvalue weighted by molar-refractivity contribution is 6.35. The fourth-order valence-corrected chi connectivity index (χ4v) is 2.20. The normalized spacial score (nSPS) is 12.8. The van der Waals surface area contributed by atoms with Crippen molar-refractivity contribution in [2.24, 2.45) is 11.7 Å². The lowest BCUT2D eigenvalue weighted by Crippen LogP contribution is -2.16. The van der Waals surface area contributed by atoms with Gasteiger partial charge in [0.25, 0.3) is 0 Å². The molecule has 84 valence electrons. The van der Waals surface area contributed by atoms with E-state index in [9.17, 15) is 0 Å². The molecule has 0 aliphatic carbocycles. The number of hydrogen-bond donors (Lipinski definition) is 1. The number of benzene rings is 1. The van der Waals surface area contributed by atoms with Crippen molar-refractivity contribution in [2.75, 3.05) is 6.54 Å². The Morgan fingerprint density at radius 3 is 2.60 bits per heavy atom. The molecule has 0 saturated heterocycles. The van der Waals surface area contributed by atoms with E-state index in [2.05, 4.69) is 6.92 Å². The van der Waals surface area contributed by atoms with E-state index >= 15 is 0 Å². The van der Waals surface area contributed by atoms with Crippen molar-refractivity contribution in [1.82, 2.24) is 0 Å². The van der Waals surface area contributed by atoms with E-state index in [1.165, 1.54) is 0 Å². The smallest absolute Gasteiger partial charge is 0.0452 e. The van der Waals surface area contributed by atoms with Crippen molar-refractivity contribution < 1.29 is 0 Å². The van der Waals surface area contributed by atoms with Gasteiger partial charge < -0.3 is 5.73 Å². The topological polar surface area (TPSA) is 26.0 Å². The van der Waals surface area contributed by atoms with Crippen molar-refractivity contribution in [3.63, 3.8) is 0 Å². The van der Waals surface area contributed by atoms with Gasteiger partial charge in [-0.15, -0.1) is 0 Å². The molecular weight excluding hydrogens is 229 g/mol. The molecule has 0 aromatic heterocycles. The van der Waals surface area contributed by atoms with Crippen LogP contribution in [-0.4, -0.2) is 6.54 Å². The third-order valence-corrected chi connectivity index (χ3v) is 3.14. The second-order valence-electron chi connectivity index (χ2n) is 3.83. The van der Waals surface area contributed by atoms with E-state index in [0.29, 0.717) is 17.5 Å². The number of rotatable bonds is 5. The van der Waals surface area contributed by atoms with Crippen LogP contribution in [0.25, 0.3) is 0 Å². The molecule has 1 unspecified atom stereocenters.